The zero-order valence-electron chi connectivity index (χ0n) is 16.0. The highest BCUT2D eigenvalue weighted by molar-refractivity contribution is 9.10. The van der Waals surface area contributed by atoms with Gasteiger partial charge in [-0.1, -0.05) is 45.5 Å². The van der Waals surface area contributed by atoms with Crippen LogP contribution < -0.4 is 5.01 Å². The second kappa shape index (κ2) is 8.79. The molecule has 0 unspecified atom stereocenters. The molecule has 0 saturated carbocycles. The molecule has 0 saturated heterocycles. The fourth-order valence-electron chi connectivity index (χ4n) is 2.79. The Labute approximate surface area is 191 Å². The van der Waals surface area contributed by atoms with Crippen molar-refractivity contribution in [1.29, 1.82) is 0 Å². The van der Waals surface area contributed by atoms with Crippen LogP contribution in [0, 0.1) is 5.82 Å². The lowest BCUT2D eigenvalue weighted by Crippen LogP contribution is -2.26. The van der Waals surface area contributed by atoms with Crippen molar-refractivity contribution in [3.05, 3.63) is 93.7 Å². The van der Waals surface area contributed by atoms with Gasteiger partial charge in [-0.05, 0) is 54.1 Å². The van der Waals surface area contributed by atoms with E-state index in [9.17, 15) is 22.4 Å². The number of benzene rings is 3. The van der Waals surface area contributed by atoms with Crippen LogP contribution in [-0.4, -0.2) is 17.1 Å². The van der Waals surface area contributed by atoms with Crippen LogP contribution in [0.2, 0.25) is 0 Å². The average molecular weight is 522 g/mol. The monoisotopic (exact) mass is 521 g/mol. The Kier molecular flexibility index (Phi) is 6.07. The number of halogens is 5. The molecular weight excluding hydrogens is 510 g/mol. The van der Waals surface area contributed by atoms with Crippen LogP contribution in [0.15, 0.2) is 76.3 Å². The molecule has 0 radical (unpaired) electrons. The fourth-order valence-corrected chi connectivity index (χ4v) is 4.26. The zero-order valence-corrected chi connectivity index (χ0v) is 18.4. The molecule has 1 heterocycles. The Balaban J connectivity index is 1.77. The smallest absolute Gasteiger partial charge is 0.267 e. The van der Waals surface area contributed by atoms with Crippen molar-refractivity contribution in [2.75, 3.05) is 5.01 Å². The number of carbonyl (C=O) groups excluding carboxylic acids is 1. The average Bonchev–Trinajstić information content (AvgIpc) is 3.17. The molecule has 0 atom stereocenters. The van der Waals surface area contributed by atoms with Crippen molar-refractivity contribution in [2.24, 2.45) is 5.10 Å². The second-order valence-electron chi connectivity index (χ2n) is 6.60. The van der Waals surface area contributed by atoms with Crippen molar-refractivity contribution < 1.29 is 22.4 Å². The van der Waals surface area contributed by atoms with Crippen LogP contribution in [0.1, 0.15) is 21.5 Å². The molecule has 0 spiro atoms. The van der Waals surface area contributed by atoms with Crippen LogP contribution in [0.25, 0.3) is 10.2 Å². The minimum atomic E-state index is -4.60. The first-order valence-corrected chi connectivity index (χ1v) is 10.7. The number of rotatable bonds is 4. The van der Waals surface area contributed by atoms with E-state index >= 15 is 0 Å². The van der Waals surface area contributed by atoms with Gasteiger partial charge in [-0.3, -0.25) is 4.79 Å². The summed E-state index contributed by atoms with van der Waals surface area (Å²) >= 11 is 4.53. The quantitative estimate of drug-likeness (QED) is 0.166. The first-order chi connectivity index (χ1) is 15.2. The molecular formula is C22H12BrF4N3OS. The maximum Gasteiger partial charge on any atom is 0.416 e. The predicted octanol–water partition coefficient (Wildman–Crippen LogP) is 6.90. The lowest BCUT2D eigenvalue weighted by atomic mass is 10.1. The third-order valence-corrected chi connectivity index (χ3v) is 5.83. The van der Waals surface area contributed by atoms with Crippen molar-refractivity contribution in [3.63, 3.8) is 0 Å². The Morgan fingerprint density at radius 1 is 1.06 bits per heavy atom. The first-order valence-electron chi connectivity index (χ1n) is 9.08. The van der Waals surface area contributed by atoms with Gasteiger partial charge in [0.15, 0.2) is 0 Å². The molecule has 0 aliphatic carbocycles. The van der Waals surface area contributed by atoms with Gasteiger partial charge in [-0.2, -0.15) is 23.3 Å². The van der Waals surface area contributed by atoms with E-state index in [1.54, 1.807) is 12.1 Å². The van der Waals surface area contributed by atoms with Crippen molar-refractivity contribution in [1.82, 2.24) is 4.98 Å². The minimum absolute atomic E-state index is 0.180. The molecule has 0 aliphatic rings. The summed E-state index contributed by atoms with van der Waals surface area (Å²) in [5.74, 6) is -1.22. The number of amides is 1. The number of anilines is 1. The summed E-state index contributed by atoms with van der Waals surface area (Å²) in [6, 6.07) is 14.8. The molecule has 4 rings (SSSR count). The summed E-state index contributed by atoms with van der Waals surface area (Å²) in [5.41, 5.74) is -0.0420. The van der Waals surface area contributed by atoms with Gasteiger partial charge in [0, 0.05) is 10.0 Å². The van der Waals surface area contributed by atoms with E-state index in [-0.39, 0.29) is 10.7 Å². The summed E-state index contributed by atoms with van der Waals surface area (Å²) in [7, 11) is 0. The van der Waals surface area contributed by atoms with Crippen molar-refractivity contribution in [3.8, 4) is 0 Å². The zero-order chi connectivity index (χ0) is 22.9. The lowest BCUT2D eigenvalue weighted by Gasteiger charge is -2.15. The summed E-state index contributed by atoms with van der Waals surface area (Å²) in [5, 5.41) is 5.29. The van der Waals surface area contributed by atoms with E-state index < -0.39 is 23.5 Å². The van der Waals surface area contributed by atoms with E-state index in [1.165, 1.54) is 36.5 Å². The second-order valence-corrected chi connectivity index (χ2v) is 8.52. The highest BCUT2D eigenvalue weighted by Gasteiger charge is 2.32. The number of hydrogen-bond acceptors (Lipinski definition) is 4. The van der Waals surface area contributed by atoms with Gasteiger partial charge in [-0.25, -0.2) is 9.37 Å². The molecule has 32 heavy (non-hydrogen) atoms. The van der Waals surface area contributed by atoms with E-state index in [0.717, 1.165) is 43.7 Å². The number of fused-ring (bicyclic) bond motifs is 1. The Morgan fingerprint density at radius 2 is 1.81 bits per heavy atom. The molecule has 3 aromatic carbocycles. The van der Waals surface area contributed by atoms with Gasteiger partial charge < -0.3 is 0 Å². The Bertz CT molecular complexity index is 1320. The molecule has 10 heteroatoms. The number of aromatic nitrogens is 1. The van der Waals surface area contributed by atoms with Gasteiger partial charge in [0.2, 0.25) is 5.13 Å². The van der Waals surface area contributed by atoms with Crippen molar-refractivity contribution >= 4 is 54.7 Å². The molecule has 0 N–H and O–H groups in total. The molecule has 4 nitrogen and oxygen atoms in total. The summed E-state index contributed by atoms with van der Waals surface area (Å²) < 4.78 is 54.1. The number of carbonyl (C=O) groups is 1. The number of alkyl halides is 3. The molecule has 4 aromatic rings. The van der Waals surface area contributed by atoms with Crippen molar-refractivity contribution in [2.45, 2.75) is 6.18 Å². The maximum absolute atomic E-state index is 13.2. The van der Waals surface area contributed by atoms with Crippen LogP contribution in [0.5, 0.6) is 0 Å². The highest BCUT2D eigenvalue weighted by atomic mass is 79.9. The topological polar surface area (TPSA) is 45.6 Å². The molecule has 0 fully saturated rings. The third kappa shape index (κ3) is 4.86. The fraction of sp³-hybridized carbons (Fsp3) is 0.0455. The molecule has 162 valence electrons. The molecule has 1 amide bonds. The number of hydrogen-bond donors (Lipinski definition) is 0. The number of thiazole rings is 1. The lowest BCUT2D eigenvalue weighted by molar-refractivity contribution is -0.137. The number of nitrogens with zero attached hydrogens (tertiary/aromatic N) is 3. The van der Waals surface area contributed by atoms with Crippen LogP contribution >= 0.6 is 27.3 Å². The van der Waals surface area contributed by atoms with E-state index in [4.69, 9.17) is 0 Å². The van der Waals surface area contributed by atoms with Gasteiger partial charge in [0.1, 0.15) is 5.82 Å². The normalized spacial score (nSPS) is 11.9. The predicted molar refractivity (Wildman–Crippen MR) is 120 cm³/mol. The summed E-state index contributed by atoms with van der Waals surface area (Å²) in [4.78, 5) is 17.6. The maximum atomic E-state index is 13.2. The minimum Gasteiger partial charge on any atom is -0.267 e. The Morgan fingerprint density at radius 3 is 2.53 bits per heavy atom. The van der Waals surface area contributed by atoms with Crippen LogP contribution in [0.4, 0.5) is 22.7 Å². The standard InChI is InChI=1S/C22H12BrF4N3OS/c23-16-6-9-18-19(11-16)32-21(29-18)30(28-12-13-4-7-17(24)8-5-13)20(31)14-2-1-3-15(10-14)22(25,26)27/h1-12H/b28-12+. The molecule has 0 aliphatic heterocycles. The van der Waals surface area contributed by atoms with Gasteiger partial charge in [0.25, 0.3) is 5.91 Å². The molecule has 1 aromatic heterocycles. The van der Waals surface area contributed by atoms with Gasteiger partial charge in [0.05, 0.1) is 22.0 Å². The largest absolute Gasteiger partial charge is 0.416 e. The highest BCUT2D eigenvalue weighted by Crippen LogP contribution is 2.33. The van der Waals surface area contributed by atoms with Crippen LogP contribution in [0.3, 0.4) is 0 Å². The summed E-state index contributed by atoms with van der Waals surface area (Å²) in [6.45, 7) is 0. The third-order valence-electron chi connectivity index (χ3n) is 4.34. The van der Waals surface area contributed by atoms with Gasteiger partial charge >= 0.3 is 6.18 Å². The first kappa shape index (κ1) is 22.1. The molecule has 0 bridgehead atoms. The van der Waals surface area contributed by atoms with E-state index in [1.807, 2.05) is 6.07 Å². The SMILES string of the molecule is O=C(c1cccc(C(F)(F)F)c1)N(/N=C/c1ccc(F)cc1)c1nc2ccc(Br)cc2s1. The van der Waals surface area contributed by atoms with E-state index in [2.05, 4.69) is 26.0 Å². The Hall–Kier alpha value is -3.11. The number of hydrazone groups is 1. The van der Waals surface area contributed by atoms with Gasteiger partial charge in [-0.15, -0.1) is 0 Å². The van der Waals surface area contributed by atoms with E-state index in [0.29, 0.717) is 11.1 Å². The van der Waals surface area contributed by atoms with Crippen LogP contribution in [-0.2, 0) is 6.18 Å². The summed E-state index contributed by atoms with van der Waals surface area (Å²) in [6.07, 6.45) is -3.28.